The predicted molar refractivity (Wildman–Crippen MR) is 108 cm³/mol. The molecule has 0 bridgehead atoms. The zero-order chi connectivity index (χ0) is 21.5. The molecule has 0 aliphatic carbocycles. The van der Waals surface area contributed by atoms with Crippen molar-refractivity contribution in [2.75, 3.05) is 19.0 Å². The molecule has 1 amide bonds. The van der Waals surface area contributed by atoms with E-state index in [2.05, 4.69) is 15.8 Å². The van der Waals surface area contributed by atoms with Gasteiger partial charge < -0.3 is 14.5 Å². The number of nitrogens with one attached hydrogen (secondary N) is 2. The molecule has 1 aromatic heterocycles. The highest BCUT2D eigenvalue weighted by Gasteiger charge is 2.15. The van der Waals surface area contributed by atoms with Crippen LogP contribution in [0.15, 0.2) is 64.1 Å². The molecule has 3 aromatic rings. The van der Waals surface area contributed by atoms with Gasteiger partial charge in [0.2, 0.25) is 0 Å². The molecule has 0 saturated carbocycles. The summed E-state index contributed by atoms with van der Waals surface area (Å²) in [5.41, 5.74) is 3.38. The van der Waals surface area contributed by atoms with Crippen molar-refractivity contribution in [3.8, 4) is 17.1 Å². The first-order valence-corrected chi connectivity index (χ1v) is 8.70. The van der Waals surface area contributed by atoms with Crippen molar-refractivity contribution in [3.05, 3.63) is 76.3 Å². The van der Waals surface area contributed by atoms with E-state index in [0.29, 0.717) is 28.5 Å². The van der Waals surface area contributed by atoms with Gasteiger partial charge in [0.05, 0.1) is 36.4 Å². The first kappa shape index (κ1) is 20.5. The number of nitro groups is 1. The molecule has 10 heteroatoms. The molecule has 30 heavy (non-hydrogen) atoms. The molecule has 0 atom stereocenters. The maximum atomic E-state index is 12.8. The summed E-state index contributed by atoms with van der Waals surface area (Å²) in [6, 6.07) is 13.1. The Kier molecular flexibility index (Phi) is 6.38. The van der Waals surface area contributed by atoms with Crippen LogP contribution < -0.4 is 15.5 Å². The highest BCUT2D eigenvalue weighted by atomic mass is 19.1. The lowest BCUT2D eigenvalue weighted by Gasteiger charge is -2.05. The number of nitro benzene ring substituents is 1. The Bertz CT molecular complexity index is 1080. The summed E-state index contributed by atoms with van der Waals surface area (Å²) in [6.07, 6.45) is 1.32. The van der Waals surface area contributed by atoms with Crippen LogP contribution in [0.5, 0.6) is 5.75 Å². The third-order valence-corrected chi connectivity index (χ3v) is 3.97. The number of anilines is 1. The van der Waals surface area contributed by atoms with Crippen LogP contribution in [-0.4, -0.2) is 30.7 Å². The Morgan fingerprint density at radius 1 is 1.23 bits per heavy atom. The van der Waals surface area contributed by atoms with Gasteiger partial charge in [-0.3, -0.25) is 14.9 Å². The fourth-order valence-electron chi connectivity index (χ4n) is 2.52. The van der Waals surface area contributed by atoms with Crippen molar-refractivity contribution in [2.45, 2.75) is 0 Å². The van der Waals surface area contributed by atoms with E-state index in [1.54, 1.807) is 12.1 Å². The van der Waals surface area contributed by atoms with Crippen molar-refractivity contribution >= 4 is 23.5 Å². The number of benzene rings is 2. The molecule has 3 rings (SSSR count). The van der Waals surface area contributed by atoms with E-state index in [9.17, 15) is 19.3 Å². The largest absolute Gasteiger partial charge is 0.496 e. The first-order chi connectivity index (χ1) is 14.5. The van der Waals surface area contributed by atoms with Crippen LogP contribution in [-0.2, 0) is 4.79 Å². The maximum Gasteiger partial charge on any atom is 0.273 e. The number of ether oxygens (including phenoxy) is 1. The summed E-state index contributed by atoms with van der Waals surface area (Å²) < 4.78 is 23.7. The summed E-state index contributed by atoms with van der Waals surface area (Å²) in [5, 5.41) is 17.5. The summed E-state index contributed by atoms with van der Waals surface area (Å²) in [5.74, 6) is 0.310. The topological polar surface area (TPSA) is 119 Å². The highest BCUT2D eigenvalue weighted by molar-refractivity contribution is 5.83. The van der Waals surface area contributed by atoms with Gasteiger partial charge in [-0.25, -0.2) is 9.82 Å². The molecule has 0 aliphatic heterocycles. The number of hydrogen-bond acceptors (Lipinski definition) is 7. The second kappa shape index (κ2) is 9.32. The van der Waals surface area contributed by atoms with E-state index >= 15 is 0 Å². The van der Waals surface area contributed by atoms with Crippen LogP contribution in [0.3, 0.4) is 0 Å². The van der Waals surface area contributed by atoms with Gasteiger partial charge in [-0.1, -0.05) is 0 Å². The molecule has 0 radical (unpaired) electrons. The average molecular weight is 412 g/mol. The number of amides is 1. The van der Waals surface area contributed by atoms with E-state index in [-0.39, 0.29) is 18.0 Å². The standard InChI is InChI=1S/C20H17FN4O5/c1-29-19-10-15(25(27)28)6-8-17(19)18-9-7-16(30-18)11-23-24-20(26)12-22-14-4-2-13(21)3-5-14/h2-11,22H,12H2,1H3,(H,24,26)/b23-11-. The van der Waals surface area contributed by atoms with Crippen LogP contribution >= 0.6 is 0 Å². The zero-order valence-corrected chi connectivity index (χ0v) is 15.8. The fraction of sp³-hybridized carbons (Fsp3) is 0.100. The second-order valence-electron chi connectivity index (χ2n) is 6.00. The number of carbonyl (C=O) groups is 1. The van der Waals surface area contributed by atoms with Crippen molar-refractivity contribution in [1.82, 2.24) is 5.43 Å². The number of hydrazone groups is 1. The van der Waals surface area contributed by atoms with Crippen molar-refractivity contribution in [2.24, 2.45) is 5.10 Å². The number of hydrogen-bond donors (Lipinski definition) is 2. The van der Waals surface area contributed by atoms with Gasteiger partial charge in [-0.15, -0.1) is 0 Å². The lowest BCUT2D eigenvalue weighted by molar-refractivity contribution is -0.384. The minimum absolute atomic E-state index is 0.0492. The molecule has 1 heterocycles. The number of methoxy groups -OCH3 is 1. The van der Waals surface area contributed by atoms with Gasteiger partial charge in [-0.2, -0.15) is 5.10 Å². The third kappa shape index (κ3) is 5.19. The van der Waals surface area contributed by atoms with E-state index in [1.165, 1.54) is 55.8 Å². The van der Waals surface area contributed by atoms with Gasteiger partial charge >= 0.3 is 0 Å². The summed E-state index contributed by atoms with van der Waals surface area (Å²) >= 11 is 0. The molecule has 2 aromatic carbocycles. The highest BCUT2D eigenvalue weighted by Crippen LogP contribution is 2.33. The molecule has 0 unspecified atom stereocenters. The molecule has 0 aliphatic rings. The van der Waals surface area contributed by atoms with Crippen LogP contribution in [0.2, 0.25) is 0 Å². The lowest BCUT2D eigenvalue weighted by atomic mass is 10.1. The second-order valence-corrected chi connectivity index (χ2v) is 6.00. The third-order valence-electron chi connectivity index (χ3n) is 3.97. The van der Waals surface area contributed by atoms with E-state index in [0.717, 1.165) is 0 Å². The van der Waals surface area contributed by atoms with E-state index in [1.807, 2.05) is 0 Å². The van der Waals surface area contributed by atoms with Crippen LogP contribution in [0.25, 0.3) is 11.3 Å². The van der Waals surface area contributed by atoms with E-state index in [4.69, 9.17) is 9.15 Å². The Labute approximate surface area is 170 Å². The van der Waals surface area contributed by atoms with Crippen molar-refractivity contribution < 1.29 is 23.3 Å². The quantitative estimate of drug-likeness (QED) is 0.332. The Morgan fingerprint density at radius 3 is 2.70 bits per heavy atom. The SMILES string of the molecule is COc1cc([N+](=O)[O-])ccc1-c1ccc(/C=N\NC(=O)CNc2ccc(F)cc2)o1. The molecule has 2 N–H and O–H groups in total. The molecule has 154 valence electrons. The van der Waals surface area contributed by atoms with E-state index < -0.39 is 10.8 Å². The molecular weight excluding hydrogens is 395 g/mol. The van der Waals surface area contributed by atoms with Crippen LogP contribution in [0.4, 0.5) is 15.8 Å². The first-order valence-electron chi connectivity index (χ1n) is 8.70. The van der Waals surface area contributed by atoms with Gasteiger partial charge in [0.15, 0.2) is 0 Å². The van der Waals surface area contributed by atoms with Gasteiger partial charge in [0.1, 0.15) is 23.1 Å². The molecule has 0 spiro atoms. The monoisotopic (exact) mass is 412 g/mol. The van der Waals surface area contributed by atoms with Crippen LogP contribution in [0.1, 0.15) is 5.76 Å². The molecule has 0 fully saturated rings. The number of non-ortho nitro benzene ring substituents is 1. The number of rotatable bonds is 8. The molecule has 9 nitrogen and oxygen atoms in total. The maximum absolute atomic E-state index is 12.8. The van der Waals surface area contributed by atoms with Crippen LogP contribution in [0, 0.1) is 15.9 Å². The number of nitrogens with zero attached hydrogens (tertiary/aromatic N) is 2. The Balaban J connectivity index is 1.58. The Morgan fingerprint density at radius 2 is 2.00 bits per heavy atom. The van der Waals surface area contributed by atoms with Gasteiger partial charge in [-0.05, 0) is 42.5 Å². The zero-order valence-electron chi connectivity index (χ0n) is 15.8. The number of furan rings is 1. The van der Waals surface area contributed by atoms with Gasteiger partial charge in [0, 0.05) is 11.8 Å². The van der Waals surface area contributed by atoms with Crippen molar-refractivity contribution in [3.63, 3.8) is 0 Å². The minimum atomic E-state index is -0.514. The number of carbonyl (C=O) groups excluding carboxylic acids is 1. The summed E-state index contributed by atoms with van der Waals surface area (Å²) in [7, 11) is 1.41. The number of halogens is 1. The van der Waals surface area contributed by atoms with Crippen molar-refractivity contribution in [1.29, 1.82) is 0 Å². The predicted octanol–water partition coefficient (Wildman–Crippen LogP) is 3.56. The Hall–Kier alpha value is -4.21. The summed E-state index contributed by atoms with van der Waals surface area (Å²) in [4.78, 5) is 22.2. The smallest absolute Gasteiger partial charge is 0.273 e. The summed E-state index contributed by atoms with van der Waals surface area (Å²) in [6.45, 7) is -0.0492. The lowest BCUT2D eigenvalue weighted by Crippen LogP contribution is -2.25. The fourth-order valence-corrected chi connectivity index (χ4v) is 2.52. The molecular formula is C20H17FN4O5. The molecule has 0 saturated heterocycles. The minimum Gasteiger partial charge on any atom is -0.496 e. The van der Waals surface area contributed by atoms with Gasteiger partial charge in [0.25, 0.3) is 11.6 Å². The average Bonchev–Trinajstić information content (AvgIpc) is 3.21. The normalized spacial score (nSPS) is 10.7.